The molecule has 0 radical (unpaired) electrons. The number of rotatable bonds is 2. The van der Waals surface area contributed by atoms with E-state index in [4.69, 9.17) is 4.74 Å². The smallest absolute Gasteiger partial charge is 0.133 e. The molecule has 17 heavy (non-hydrogen) atoms. The van der Waals surface area contributed by atoms with E-state index in [0.717, 1.165) is 29.9 Å². The highest BCUT2D eigenvalue weighted by molar-refractivity contribution is 9.10. The molecular formula is C13H19BrN2O. The van der Waals surface area contributed by atoms with E-state index in [0.29, 0.717) is 6.04 Å². The van der Waals surface area contributed by atoms with Crippen molar-refractivity contribution >= 4 is 21.6 Å². The summed E-state index contributed by atoms with van der Waals surface area (Å²) in [5.41, 5.74) is 1.26. The zero-order chi connectivity index (χ0) is 12.3. The number of hydrogen-bond donors (Lipinski definition) is 1. The molecule has 0 aromatic heterocycles. The molecule has 1 saturated heterocycles. The Hall–Kier alpha value is -0.740. The molecule has 1 aromatic rings. The van der Waals surface area contributed by atoms with Crippen LogP contribution in [0.5, 0.6) is 5.75 Å². The van der Waals surface area contributed by atoms with E-state index in [9.17, 15) is 0 Å². The third-order valence-corrected chi connectivity index (χ3v) is 3.83. The van der Waals surface area contributed by atoms with Crippen molar-refractivity contribution in [2.24, 2.45) is 0 Å². The lowest BCUT2D eigenvalue weighted by Crippen LogP contribution is -2.28. The van der Waals surface area contributed by atoms with Gasteiger partial charge >= 0.3 is 0 Å². The van der Waals surface area contributed by atoms with Gasteiger partial charge in [0, 0.05) is 31.4 Å². The Balaban J connectivity index is 2.13. The third-order valence-electron chi connectivity index (χ3n) is 3.21. The quantitative estimate of drug-likeness (QED) is 0.908. The van der Waals surface area contributed by atoms with Crippen LogP contribution in [0.25, 0.3) is 0 Å². The van der Waals surface area contributed by atoms with Crippen molar-refractivity contribution in [1.29, 1.82) is 0 Å². The second kappa shape index (κ2) is 5.74. The fraction of sp³-hybridized carbons (Fsp3) is 0.538. The van der Waals surface area contributed by atoms with Crippen molar-refractivity contribution in [2.45, 2.75) is 19.4 Å². The molecular weight excluding hydrogens is 280 g/mol. The van der Waals surface area contributed by atoms with Gasteiger partial charge in [0.25, 0.3) is 0 Å². The molecule has 3 nitrogen and oxygen atoms in total. The number of benzene rings is 1. The molecule has 1 unspecified atom stereocenters. The van der Waals surface area contributed by atoms with Crippen molar-refractivity contribution in [3.8, 4) is 5.75 Å². The summed E-state index contributed by atoms with van der Waals surface area (Å²) >= 11 is 3.54. The number of hydrogen-bond acceptors (Lipinski definition) is 3. The summed E-state index contributed by atoms with van der Waals surface area (Å²) in [7, 11) is 1.69. The number of nitrogens with one attached hydrogen (secondary N) is 1. The molecule has 1 fully saturated rings. The van der Waals surface area contributed by atoms with Crippen LogP contribution in [0, 0.1) is 0 Å². The minimum atomic E-state index is 0.613. The topological polar surface area (TPSA) is 24.5 Å². The third kappa shape index (κ3) is 3.13. The number of nitrogens with zero attached hydrogens (tertiary/aromatic N) is 1. The maximum Gasteiger partial charge on any atom is 0.133 e. The predicted molar refractivity (Wildman–Crippen MR) is 75.0 cm³/mol. The lowest BCUT2D eigenvalue weighted by molar-refractivity contribution is 0.412. The minimum Gasteiger partial charge on any atom is -0.496 e. The first kappa shape index (κ1) is 12.7. The first-order valence-electron chi connectivity index (χ1n) is 6.02. The normalized spacial score (nSPS) is 21.1. The van der Waals surface area contributed by atoms with Crippen LogP contribution in [0.15, 0.2) is 22.7 Å². The van der Waals surface area contributed by atoms with Gasteiger partial charge in [-0.05, 0) is 47.5 Å². The lowest BCUT2D eigenvalue weighted by atomic mass is 10.2. The number of ether oxygens (including phenoxy) is 1. The lowest BCUT2D eigenvalue weighted by Gasteiger charge is -2.23. The maximum absolute atomic E-state index is 5.25. The Labute approximate surface area is 111 Å². The first-order valence-corrected chi connectivity index (χ1v) is 6.82. The van der Waals surface area contributed by atoms with Crippen LogP contribution in [0.1, 0.15) is 13.3 Å². The van der Waals surface area contributed by atoms with Crippen LogP contribution in [0.4, 0.5) is 5.69 Å². The molecule has 1 aromatic carbocycles. The molecule has 0 aliphatic carbocycles. The van der Waals surface area contributed by atoms with Gasteiger partial charge in [0.15, 0.2) is 0 Å². The van der Waals surface area contributed by atoms with Gasteiger partial charge in [-0.3, -0.25) is 0 Å². The van der Waals surface area contributed by atoms with Crippen molar-refractivity contribution < 1.29 is 4.74 Å². The van der Waals surface area contributed by atoms with Crippen molar-refractivity contribution in [3.63, 3.8) is 0 Å². The summed E-state index contributed by atoms with van der Waals surface area (Å²) in [6.07, 6.45) is 1.18. The predicted octanol–water partition coefficient (Wildman–Crippen LogP) is 2.65. The highest BCUT2D eigenvalue weighted by Crippen LogP contribution is 2.29. The van der Waals surface area contributed by atoms with E-state index in [1.165, 1.54) is 12.1 Å². The monoisotopic (exact) mass is 298 g/mol. The van der Waals surface area contributed by atoms with Crippen molar-refractivity contribution in [2.75, 3.05) is 31.6 Å². The molecule has 0 amide bonds. The maximum atomic E-state index is 5.25. The summed E-state index contributed by atoms with van der Waals surface area (Å²) in [5.74, 6) is 0.884. The number of halogens is 1. The molecule has 1 atom stereocenters. The molecule has 1 aliphatic rings. The molecule has 0 saturated carbocycles. The van der Waals surface area contributed by atoms with Crippen LogP contribution in [-0.4, -0.2) is 32.8 Å². The van der Waals surface area contributed by atoms with Crippen LogP contribution in [-0.2, 0) is 0 Å². The molecule has 4 heteroatoms. The highest BCUT2D eigenvalue weighted by atomic mass is 79.9. The minimum absolute atomic E-state index is 0.613. The van der Waals surface area contributed by atoms with Crippen LogP contribution < -0.4 is 15.0 Å². The first-order chi connectivity index (χ1) is 8.20. The Kier molecular flexibility index (Phi) is 4.29. The summed E-state index contributed by atoms with van der Waals surface area (Å²) < 4.78 is 6.27. The van der Waals surface area contributed by atoms with Gasteiger partial charge in [0.2, 0.25) is 0 Å². The van der Waals surface area contributed by atoms with Gasteiger partial charge in [-0.15, -0.1) is 0 Å². The fourth-order valence-electron chi connectivity index (χ4n) is 2.12. The average molecular weight is 299 g/mol. The Morgan fingerprint density at radius 1 is 1.41 bits per heavy atom. The average Bonchev–Trinajstić information content (AvgIpc) is 2.54. The summed E-state index contributed by atoms with van der Waals surface area (Å²) in [6, 6.07) is 6.89. The van der Waals surface area contributed by atoms with Crippen LogP contribution in [0.3, 0.4) is 0 Å². The molecule has 1 heterocycles. The molecule has 1 aliphatic heterocycles. The van der Waals surface area contributed by atoms with Crippen LogP contribution >= 0.6 is 15.9 Å². The Bertz CT molecular complexity index is 384. The largest absolute Gasteiger partial charge is 0.496 e. The van der Waals surface area contributed by atoms with Gasteiger partial charge in [0.1, 0.15) is 5.75 Å². The molecule has 0 bridgehead atoms. The number of anilines is 1. The summed E-state index contributed by atoms with van der Waals surface area (Å²) in [5, 5.41) is 3.50. The summed E-state index contributed by atoms with van der Waals surface area (Å²) in [6.45, 7) is 5.45. The molecule has 0 spiro atoms. The number of methoxy groups -OCH3 is 1. The second-order valence-corrected chi connectivity index (χ2v) is 5.30. The van der Waals surface area contributed by atoms with Gasteiger partial charge in [-0.2, -0.15) is 0 Å². The molecule has 2 rings (SSSR count). The van der Waals surface area contributed by atoms with Gasteiger partial charge in [-0.25, -0.2) is 0 Å². The Morgan fingerprint density at radius 3 is 2.94 bits per heavy atom. The van der Waals surface area contributed by atoms with E-state index in [1.807, 2.05) is 6.07 Å². The Morgan fingerprint density at radius 2 is 2.24 bits per heavy atom. The zero-order valence-electron chi connectivity index (χ0n) is 10.4. The van der Waals surface area contributed by atoms with Gasteiger partial charge < -0.3 is 15.0 Å². The molecule has 94 valence electrons. The van der Waals surface area contributed by atoms with E-state index in [-0.39, 0.29) is 0 Å². The SMILES string of the molecule is COc1ccc(N2CCNC(C)CC2)cc1Br. The van der Waals surface area contributed by atoms with E-state index >= 15 is 0 Å². The fourth-order valence-corrected chi connectivity index (χ4v) is 2.65. The van der Waals surface area contributed by atoms with Crippen molar-refractivity contribution in [3.05, 3.63) is 22.7 Å². The molecule has 1 N–H and O–H groups in total. The highest BCUT2D eigenvalue weighted by Gasteiger charge is 2.14. The zero-order valence-corrected chi connectivity index (χ0v) is 12.0. The summed E-state index contributed by atoms with van der Waals surface area (Å²) in [4.78, 5) is 2.42. The second-order valence-electron chi connectivity index (χ2n) is 4.45. The van der Waals surface area contributed by atoms with Crippen molar-refractivity contribution in [1.82, 2.24) is 5.32 Å². The van der Waals surface area contributed by atoms with Gasteiger partial charge in [-0.1, -0.05) is 0 Å². The van der Waals surface area contributed by atoms with Gasteiger partial charge in [0.05, 0.1) is 11.6 Å². The standard InChI is InChI=1S/C13H19BrN2O/c1-10-5-7-16(8-6-15-10)11-3-4-13(17-2)12(14)9-11/h3-4,9-10,15H,5-8H2,1-2H3. The van der Waals surface area contributed by atoms with E-state index in [1.54, 1.807) is 7.11 Å². The van der Waals surface area contributed by atoms with E-state index in [2.05, 4.69) is 45.2 Å². The van der Waals surface area contributed by atoms with Crippen LogP contribution in [0.2, 0.25) is 0 Å². The van der Waals surface area contributed by atoms with E-state index < -0.39 is 0 Å².